The van der Waals surface area contributed by atoms with E-state index in [0.717, 1.165) is 44.9 Å². The molecule has 0 bridgehead atoms. The van der Waals surface area contributed by atoms with Crippen molar-refractivity contribution in [2.45, 2.75) is 156 Å². The lowest BCUT2D eigenvalue weighted by Gasteiger charge is -2.73. The van der Waals surface area contributed by atoms with Crippen LogP contribution in [0.5, 0.6) is 0 Å². The van der Waals surface area contributed by atoms with Gasteiger partial charge in [0.1, 0.15) is 24.1 Å². The molecule has 15 atom stereocenters. The van der Waals surface area contributed by atoms with Crippen LogP contribution >= 0.6 is 0 Å². The van der Waals surface area contributed by atoms with E-state index in [-0.39, 0.29) is 33.2 Å². The number of hydrogen-bond acceptors (Lipinski definition) is 6. The molecule has 6 heteroatoms. The summed E-state index contributed by atoms with van der Waals surface area (Å²) in [6.07, 6.45) is 5.79. The maximum absolute atomic E-state index is 13.4. The van der Waals surface area contributed by atoms with Gasteiger partial charge in [0.05, 0.1) is 12.2 Å². The van der Waals surface area contributed by atoms with E-state index in [1.807, 2.05) is 6.92 Å². The SMILES string of the molecule is C=C(C)[C@@H]1CC[C@]2(C(C)=O)CC[C@]3(C)[C@H](CC[C@@H]4[C@@]5(C)CC[C@H](O[C@H]6O[C@H](C)[C@@H](O)[C@H](O)[C@@H]6O)C(C)(C)[C@@H]5CC[C@]43C)[C@@H]12. The minimum atomic E-state index is -1.28. The number of Topliss-reactive ketones (excluding diaryl/α,β-unsaturated/α-hetero) is 1. The Bertz CT molecular complexity index is 1130. The van der Waals surface area contributed by atoms with Crippen LogP contribution in [0.3, 0.4) is 0 Å². The first kappa shape index (κ1) is 32.2. The highest BCUT2D eigenvalue weighted by atomic mass is 16.7. The number of aliphatic hydroxyl groups excluding tert-OH is 3. The number of ether oxygens (including phenoxy) is 2. The minimum Gasteiger partial charge on any atom is -0.388 e. The zero-order valence-electron chi connectivity index (χ0n) is 28.2. The normalized spacial score (nSPS) is 55.8. The molecule has 1 heterocycles. The van der Waals surface area contributed by atoms with Crippen LogP contribution in [0, 0.1) is 56.7 Å². The number of fused-ring (bicyclic) bond motifs is 7. The van der Waals surface area contributed by atoms with Gasteiger partial charge >= 0.3 is 0 Å². The summed E-state index contributed by atoms with van der Waals surface area (Å²) < 4.78 is 12.4. The molecule has 6 nitrogen and oxygen atoms in total. The van der Waals surface area contributed by atoms with Crippen molar-refractivity contribution in [2.75, 3.05) is 0 Å². The lowest BCUT2D eigenvalue weighted by atomic mass is 9.32. The van der Waals surface area contributed by atoms with E-state index < -0.39 is 30.7 Å². The molecular formula is C37H60O6. The molecule has 0 aromatic carbocycles. The van der Waals surface area contributed by atoms with Crippen molar-refractivity contribution in [3.63, 3.8) is 0 Å². The first-order valence-corrected chi connectivity index (χ1v) is 17.5. The van der Waals surface area contributed by atoms with E-state index in [4.69, 9.17) is 9.47 Å². The molecule has 244 valence electrons. The number of carbonyl (C=O) groups is 1. The fraction of sp³-hybridized carbons (Fsp3) is 0.919. The van der Waals surface area contributed by atoms with Gasteiger partial charge in [0.25, 0.3) is 0 Å². The summed E-state index contributed by atoms with van der Waals surface area (Å²) >= 11 is 0. The third-order valence-electron chi connectivity index (χ3n) is 15.8. The van der Waals surface area contributed by atoms with Gasteiger partial charge in [-0.2, -0.15) is 0 Å². The summed E-state index contributed by atoms with van der Waals surface area (Å²) in [4.78, 5) is 13.4. The van der Waals surface area contributed by atoms with Crippen molar-refractivity contribution in [2.24, 2.45) is 56.7 Å². The molecule has 6 rings (SSSR count). The number of ketones is 1. The molecule has 5 aliphatic carbocycles. The van der Waals surface area contributed by atoms with Crippen LogP contribution in [-0.2, 0) is 14.3 Å². The summed E-state index contributed by atoms with van der Waals surface area (Å²) in [7, 11) is 0. The number of aliphatic hydroxyl groups is 3. The highest BCUT2D eigenvalue weighted by Crippen LogP contribution is 2.77. The second-order valence-electron chi connectivity index (χ2n) is 17.6. The van der Waals surface area contributed by atoms with Gasteiger partial charge in [-0.3, -0.25) is 4.79 Å². The molecule has 1 aliphatic heterocycles. The monoisotopic (exact) mass is 600 g/mol. The maximum atomic E-state index is 13.4. The molecule has 0 unspecified atom stereocenters. The van der Waals surface area contributed by atoms with E-state index in [2.05, 4.69) is 48.1 Å². The van der Waals surface area contributed by atoms with Gasteiger partial charge in [-0.15, -0.1) is 0 Å². The lowest BCUT2D eigenvalue weighted by molar-refractivity contribution is -0.326. The fourth-order valence-corrected chi connectivity index (χ4v) is 13.2. The largest absolute Gasteiger partial charge is 0.388 e. The topological polar surface area (TPSA) is 96.2 Å². The van der Waals surface area contributed by atoms with Crippen molar-refractivity contribution in [1.29, 1.82) is 0 Å². The zero-order chi connectivity index (χ0) is 31.5. The molecule has 0 radical (unpaired) electrons. The second-order valence-corrected chi connectivity index (χ2v) is 17.6. The summed E-state index contributed by atoms with van der Waals surface area (Å²) in [6, 6.07) is 0. The lowest BCUT2D eigenvalue weighted by Crippen LogP contribution is -2.67. The number of hydrogen-bond donors (Lipinski definition) is 3. The van der Waals surface area contributed by atoms with Gasteiger partial charge in [0.2, 0.25) is 0 Å². The molecule has 6 fully saturated rings. The quantitative estimate of drug-likeness (QED) is 0.254. The summed E-state index contributed by atoms with van der Waals surface area (Å²) in [5, 5.41) is 31.3. The Balaban J connectivity index is 1.28. The Morgan fingerprint density at radius 3 is 2.14 bits per heavy atom. The van der Waals surface area contributed by atoms with E-state index in [9.17, 15) is 20.1 Å². The van der Waals surface area contributed by atoms with Crippen LogP contribution in [0.2, 0.25) is 0 Å². The van der Waals surface area contributed by atoms with Crippen LogP contribution in [0.15, 0.2) is 12.2 Å². The predicted octanol–water partition coefficient (Wildman–Crippen LogP) is 6.45. The van der Waals surface area contributed by atoms with Crippen molar-refractivity contribution in [3.05, 3.63) is 12.2 Å². The first-order valence-electron chi connectivity index (χ1n) is 17.5. The average Bonchev–Trinajstić information content (AvgIpc) is 3.34. The Kier molecular flexibility index (Phi) is 7.75. The molecule has 0 spiro atoms. The van der Waals surface area contributed by atoms with Gasteiger partial charge in [-0.25, -0.2) is 0 Å². The van der Waals surface area contributed by atoms with Crippen molar-refractivity contribution in [3.8, 4) is 0 Å². The first-order chi connectivity index (χ1) is 20.0. The average molecular weight is 601 g/mol. The standard InChI is InChI=1S/C37H60O6/c1-20(2)23-12-17-37(22(4)38)19-18-35(8)24(28(23)37)10-11-26-34(7)15-14-27(33(5,6)25(34)13-16-36(26,35)9)43-32-31(41)30(40)29(39)21(3)42-32/h21,23-32,39-41H,1,10-19H2,2-9H3/t21-,23+,24-,25+,26-,27+,28-,29-,30+,31+,32-,34+,35-,36-,37-/m1/s1. The van der Waals surface area contributed by atoms with Gasteiger partial charge in [0.15, 0.2) is 6.29 Å². The zero-order valence-corrected chi connectivity index (χ0v) is 28.2. The van der Waals surface area contributed by atoms with E-state index in [0.29, 0.717) is 35.4 Å². The second kappa shape index (κ2) is 10.4. The van der Waals surface area contributed by atoms with E-state index in [1.165, 1.54) is 24.8 Å². The number of allylic oxidation sites excluding steroid dienone is 1. The van der Waals surface area contributed by atoms with E-state index in [1.54, 1.807) is 6.92 Å². The Morgan fingerprint density at radius 2 is 1.49 bits per heavy atom. The van der Waals surface area contributed by atoms with Gasteiger partial charge in [0, 0.05) is 5.41 Å². The smallest absolute Gasteiger partial charge is 0.186 e. The molecule has 1 saturated heterocycles. The van der Waals surface area contributed by atoms with Crippen molar-refractivity contribution in [1.82, 2.24) is 0 Å². The molecule has 5 saturated carbocycles. The predicted molar refractivity (Wildman–Crippen MR) is 167 cm³/mol. The number of carbonyl (C=O) groups excluding carboxylic acids is 1. The van der Waals surface area contributed by atoms with Crippen LogP contribution < -0.4 is 0 Å². The molecule has 3 N–H and O–H groups in total. The van der Waals surface area contributed by atoms with Crippen molar-refractivity contribution < 1.29 is 29.6 Å². The number of rotatable bonds is 4. The molecule has 0 aromatic heterocycles. The Labute approximate surface area is 260 Å². The summed E-state index contributed by atoms with van der Waals surface area (Å²) in [5.41, 5.74) is 1.60. The third-order valence-corrected chi connectivity index (χ3v) is 15.8. The maximum Gasteiger partial charge on any atom is 0.186 e. The highest BCUT2D eigenvalue weighted by molar-refractivity contribution is 5.83. The molecule has 6 aliphatic rings. The van der Waals surface area contributed by atoms with Crippen LogP contribution in [-0.4, -0.2) is 57.9 Å². The fourth-order valence-electron chi connectivity index (χ4n) is 13.2. The van der Waals surface area contributed by atoms with Crippen LogP contribution in [0.1, 0.15) is 120 Å². The van der Waals surface area contributed by atoms with Gasteiger partial charge < -0.3 is 24.8 Å². The van der Waals surface area contributed by atoms with Crippen molar-refractivity contribution >= 4 is 5.78 Å². The summed E-state index contributed by atoms with van der Waals surface area (Å²) in [5.74, 6) is 2.98. The third kappa shape index (κ3) is 4.24. The molecule has 43 heavy (non-hydrogen) atoms. The minimum absolute atomic E-state index is 0.100. The van der Waals surface area contributed by atoms with Gasteiger partial charge in [-0.05, 0) is 136 Å². The molecule has 0 amide bonds. The van der Waals surface area contributed by atoms with Gasteiger partial charge in [-0.1, -0.05) is 46.8 Å². The Morgan fingerprint density at radius 1 is 0.791 bits per heavy atom. The van der Waals surface area contributed by atoms with Crippen LogP contribution in [0.25, 0.3) is 0 Å². The highest BCUT2D eigenvalue weighted by Gasteiger charge is 2.71. The van der Waals surface area contributed by atoms with E-state index >= 15 is 0 Å². The Hall–Kier alpha value is -0.790. The van der Waals surface area contributed by atoms with Crippen LogP contribution in [0.4, 0.5) is 0 Å². The summed E-state index contributed by atoms with van der Waals surface area (Å²) in [6.45, 7) is 22.8. The molecule has 0 aromatic rings. The molecular weight excluding hydrogens is 540 g/mol.